The molecule has 0 radical (unpaired) electrons. The van der Waals surface area contributed by atoms with E-state index in [0.29, 0.717) is 13.0 Å². The lowest BCUT2D eigenvalue weighted by Gasteiger charge is -2.13. The molecule has 0 aliphatic heterocycles. The molecule has 3 N–H and O–H groups in total. The summed E-state index contributed by atoms with van der Waals surface area (Å²) in [6.07, 6.45) is -0.0875. The first kappa shape index (κ1) is 15.1. The number of hydrogen-bond donors (Lipinski definition) is 3. The summed E-state index contributed by atoms with van der Waals surface area (Å²) in [6, 6.07) is 16.8. The molecule has 2 rings (SSSR count). The predicted octanol–water partition coefficient (Wildman–Crippen LogP) is 3.24. The van der Waals surface area contributed by atoms with Crippen molar-refractivity contribution >= 4 is 11.7 Å². The van der Waals surface area contributed by atoms with Crippen LogP contribution < -0.4 is 10.6 Å². The highest BCUT2D eigenvalue weighted by Gasteiger charge is 2.08. The zero-order chi connectivity index (χ0) is 15.1. The Hall–Kier alpha value is -2.33. The van der Waals surface area contributed by atoms with Crippen molar-refractivity contribution in [3.05, 3.63) is 65.7 Å². The molecule has 21 heavy (non-hydrogen) atoms. The quantitative estimate of drug-likeness (QED) is 0.789. The minimum absolute atomic E-state index is 0.260. The molecule has 4 heteroatoms. The van der Waals surface area contributed by atoms with Gasteiger partial charge in [0, 0.05) is 12.2 Å². The average Bonchev–Trinajstić information content (AvgIpc) is 2.50. The maximum atomic E-state index is 11.8. The lowest BCUT2D eigenvalue weighted by Crippen LogP contribution is -2.30. The summed E-state index contributed by atoms with van der Waals surface area (Å²) >= 11 is 0. The van der Waals surface area contributed by atoms with Crippen LogP contribution in [0.25, 0.3) is 0 Å². The molecule has 0 saturated carbocycles. The van der Waals surface area contributed by atoms with Gasteiger partial charge in [0.1, 0.15) is 0 Å². The van der Waals surface area contributed by atoms with Crippen LogP contribution in [0.2, 0.25) is 0 Å². The second kappa shape index (κ2) is 7.45. The van der Waals surface area contributed by atoms with Crippen molar-refractivity contribution in [3.63, 3.8) is 0 Å². The van der Waals surface area contributed by atoms with Gasteiger partial charge in [-0.1, -0.05) is 48.5 Å². The third-order valence-electron chi connectivity index (χ3n) is 3.28. The first-order valence-corrected chi connectivity index (χ1v) is 7.00. The first-order valence-electron chi connectivity index (χ1n) is 7.00. The Kier molecular flexibility index (Phi) is 5.35. The number of amides is 2. The van der Waals surface area contributed by atoms with E-state index < -0.39 is 6.10 Å². The number of anilines is 1. The second-order valence-corrected chi connectivity index (χ2v) is 4.91. The third kappa shape index (κ3) is 4.61. The van der Waals surface area contributed by atoms with E-state index in [2.05, 4.69) is 10.6 Å². The minimum atomic E-state index is -0.565. The Labute approximate surface area is 124 Å². The van der Waals surface area contributed by atoms with Gasteiger partial charge in [-0.3, -0.25) is 0 Å². The molecule has 0 aliphatic carbocycles. The summed E-state index contributed by atoms with van der Waals surface area (Å²) in [5.41, 5.74) is 2.66. The highest BCUT2D eigenvalue weighted by Crippen LogP contribution is 2.15. The van der Waals surface area contributed by atoms with Gasteiger partial charge in [-0.25, -0.2) is 4.79 Å². The molecule has 0 aromatic heterocycles. The topological polar surface area (TPSA) is 61.4 Å². The number of aliphatic hydroxyl groups excluding tert-OH is 1. The highest BCUT2D eigenvalue weighted by molar-refractivity contribution is 5.89. The normalized spacial score (nSPS) is 11.7. The summed E-state index contributed by atoms with van der Waals surface area (Å²) in [5, 5.41) is 15.5. The highest BCUT2D eigenvalue weighted by atomic mass is 16.3. The molecule has 2 amide bonds. The summed E-state index contributed by atoms with van der Waals surface area (Å²) in [4.78, 5) is 11.8. The van der Waals surface area contributed by atoms with Gasteiger partial charge in [-0.2, -0.15) is 0 Å². The predicted molar refractivity (Wildman–Crippen MR) is 84.2 cm³/mol. The van der Waals surface area contributed by atoms with E-state index in [9.17, 15) is 9.90 Å². The van der Waals surface area contributed by atoms with Crippen molar-refractivity contribution in [1.82, 2.24) is 5.32 Å². The summed E-state index contributed by atoms with van der Waals surface area (Å²) in [6.45, 7) is 2.35. The molecular formula is C17H20N2O2. The molecule has 2 aromatic rings. The van der Waals surface area contributed by atoms with Crippen molar-refractivity contribution in [2.24, 2.45) is 0 Å². The minimum Gasteiger partial charge on any atom is -0.388 e. The van der Waals surface area contributed by atoms with E-state index in [1.807, 2.05) is 61.5 Å². The maximum absolute atomic E-state index is 11.8. The van der Waals surface area contributed by atoms with E-state index in [0.717, 1.165) is 16.8 Å². The maximum Gasteiger partial charge on any atom is 0.319 e. The van der Waals surface area contributed by atoms with Gasteiger partial charge in [-0.05, 0) is 30.5 Å². The number of urea groups is 1. The van der Waals surface area contributed by atoms with Crippen LogP contribution in [0, 0.1) is 6.92 Å². The Balaban J connectivity index is 1.76. The van der Waals surface area contributed by atoms with Crippen molar-refractivity contribution in [2.45, 2.75) is 19.4 Å². The van der Waals surface area contributed by atoms with Crippen LogP contribution in [0.1, 0.15) is 23.7 Å². The lowest BCUT2D eigenvalue weighted by atomic mass is 10.1. The van der Waals surface area contributed by atoms with Crippen LogP contribution in [0.4, 0.5) is 10.5 Å². The van der Waals surface area contributed by atoms with E-state index in [1.165, 1.54) is 0 Å². The fourth-order valence-electron chi connectivity index (χ4n) is 2.04. The lowest BCUT2D eigenvalue weighted by molar-refractivity contribution is 0.167. The molecular weight excluding hydrogens is 264 g/mol. The molecule has 0 aliphatic rings. The number of carbonyl (C=O) groups is 1. The van der Waals surface area contributed by atoms with Crippen LogP contribution in [0.15, 0.2) is 54.6 Å². The number of hydrogen-bond acceptors (Lipinski definition) is 2. The van der Waals surface area contributed by atoms with Crippen molar-refractivity contribution in [3.8, 4) is 0 Å². The largest absolute Gasteiger partial charge is 0.388 e. The molecule has 0 bridgehead atoms. The Morgan fingerprint density at radius 3 is 2.48 bits per heavy atom. The fourth-order valence-corrected chi connectivity index (χ4v) is 2.04. The van der Waals surface area contributed by atoms with Crippen LogP contribution in [-0.4, -0.2) is 17.7 Å². The van der Waals surface area contributed by atoms with Gasteiger partial charge in [0.15, 0.2) is 0 Å². The monoisotopic (exact) mass is 284 g/mol. The number of para-hydroxylation sites is 1. The summed E-state index contributed by atoms with van der Waals surface area (Å²) in [7, 11) is 0. The molecule has 110 valence electrons. The van der Waals surface area contributed by atoms with Crippen molar-refractivity contribution < 1.29 is 9.90 Å². The average molecular weight is 284 g/mol. The van der Waals surface area contributed by atoms with Gasteiger partial charge in [0.2, 0.25) is 0 Å². The zero-order valence-electron chi connectivity index (χ0n) is 12.0. The van der Waals surface area contributed by atoms with Crippen molar-refractivity contribution in [1.29, 1.82) is 0 Å². The molecule has 0 heterocycles. The van der Waals surface area contributed by atoms with Crippen LogP contribution in [0.5, 0.6) is 0 Å². The molecule has 0 fully saturated rings. The van der Waals surface area contributed by atoms with Gasteiger partial charge < -0.3 is 15.7 Å². The Bertz CT molecular complexity index is 584. The number of benzene rings is 2. The van der Waals surface area contributed by atoms with Gasteiger partial charge in [0.25, 0.3) is 0 Å². The number of rotatable bonds is 5. The number of carbonyl (C=O) groups excluding carboxylic acids is 1. The van der Waals surface area contributed by atoms with E-state index in [-0.39, 0.29) is 6.03 Å². The number of aliphatic hydroxyl groups is 1. The smallest absolute Gasteiger partial charge is 0.319 e. The molecule has 0 spiro atoms. The van der Waals surface area contributed by atoms with Crippen LogP contribution in [-0.2, 0) is 0 Å². The summed E-state index contributed by atoms with van der Waals surface area (Å²) < 4.78 is 0. The van der Waals surface area contributed by atoms with Crippen molar-refractivity contribution in [2.75, 3.05) is 11.9 Å². The Morgan fingerprint density at radius 1 is 1.10 bits per heavy atom. The summed E-state index contributed by atoms with van der Waals surface area (Å²) in [5.74, 6) is 0. The Morgan fingerprint density at radius 2 is 1.76 bits per heavy atom. The van der Waals surface area contributed by atoms with Gasteiger partial charge in [0.05, 0.1) is 6.10 Å². The van der Waals surface area contributed by atoms with Gasteiger partial charge >= 0.3 is 6.03 Å². The molecule has 2 aromatic carbocycles. The second-order valence-electron chi connectivity index (χ2n) is 4.91. The number of nitrogens with one attached hydrogen (secondary N) is 2. The molecule has 4 nitrogen and oxygen atoms in total. The van der Waals surface area contributed by atoms with E-state index >= 15 is 0 Å². The van der Waals surface area contributed by atoms with Crippen LogP contribution in [0.3, 0.4) is 0 Å². The molecule has 0 unspecified atom stereocenters. The third-order valence-corrected chi connectivity index (χ3v) is 3.28. The van der Waals surface area contributed by atoms with E-state index in [1.54, 1.807) is 0 Å². The fraction of sp³-hybridized carbons (Fsp3) is 0.235. The van der Waals surface area contributed by atoms with Gasteiger partial charge in [-0.15, -0.1) is 0 Å². The molecule has 0 saturated heterocycles. The zero-order valence-corrected chi connectivity index (χ0v) is 12.0. The van der Waals surface area contributed by atoms with E-state index in [4.69, 9.17) is 0 Å². The standard InChI is InChI=1S/C17H20N2O2/c1-13-7-5-6-10-15(13)19-17(21)18-12-11-16(20)14-8-3-2-4-9-14/h2-10,16,20H,11-12H2,1H3,(H2,18,19,21)/t16-/m0/s1. The number of aryl methyl sites for hydroxylation is 1. The molecule has 1 atom stereocenters. The van der Waals surface area contributed by atoms with Crippen LogP contribution >= 0.6 is 0 Å². The first-order chi connectivity index (χ1) is 10.2. The SMILES string of the molecule is Cc1ccccc1NC(=O)NCC[C@H](O)c1ccccc1.